The van der Waals surface area contributed by atoms with E-state index in [1.54, 1.807) is 0 Å². The van der Waals surface area contributed by atoms with Crippen molar-refractivity contribution in [2.45, 2.75) is 44.4 Å². The van der Waals surface area contributed by atoms with E-state index in [9.17, 15) is 23.2 Å². The molecule has 11 heteroatoms. The summed E-state index contributed by atoms with van der Waals surface area (Å²) in [5.41, 5.74) is 9.05. The van der Waals surface area contributed by atoms with E-state index in [2.05, 4.69) is 16.0 Å². The maximum Gasteiger partial charge on any atom is 0.416 e. The second kappa shape index (κ2) is 11.2. The molecule has 2 aromatic carbocycles. The second-order valence-electron chi connectivity index (χ2n) is 10.9. The molecule has 0 saturated carbocycles. The molecular weight excluding hydrogens is 547 g/mol. The van der Waals surface area contributed by atoms with Gasteiger partial charge in [-0.1, -0.05) is 11.6 Å². The third kappa shape index (κ3) is 5.46. The molecule has 0 aliphatic carbocycles. The average molecular weight is 578 g/mol. The van der Waals surface area contributed by atoms with Gasteiger partial charge in [-0.15, -0.1) is 0 Å². The minimum absolute atomic E-state index is 0.121. The number of anilines is 3. The highest BCUT2D eigenvalue weighted by Gasteiger charge is 2.33. The zero-order valence-electron chi connectivity index (χ0n) is 22.9. The van der Waals surface area contributed by atoms with Crippen LogP contribution in [-0.2, 0) is 22.1 Å². The molecule has 2 fully saturated rings. The van der Waals surface area contributed by atoms with Crippen LogP contribution in [0.5, 0.6) is 5.75 Å². The Morgan fingerprint density at radius 2 is 1.95 bits per heavy atom. The number of carbonyl (C=O) groups excluding carboxylic acids is 1. The molecule has 0 bridgehead atoms. The molecule has 0 radical (unpaired) electrons. The number of piperidine rings is 1. The lowest BCUT2D eigenvalue weighted by atomic mass is 9.96. The van der Waals surface area contributed by atoms with E-state index in [1.807, 2.05) is 17.0 Å². The molecule has 1 amide bonds. The first-order chi connectivity index (χ1) is 20.2. The average Bonchev–Trinajstić information content (AvgIpc) is 3.48. The first-order valence-electron chi connectivity index (χ1n) is 14.0. The highest BCUT2D eigenvalue weighted by atomic mass is 19.4. The molecule has 1 aromatic heterocycles. The van der Waals surface area contributed by atoms with Crippen molar-refractivity contribution in [3.05, 3.63) is 64.9 Å². The Labute approximate surface area is 241 Å². The predicted molar refractivity (Wildman–Crippen MR) is 152 cm³/mol. The van der Waals surface area contributed by atoms with Gasteiger partial charge < -0.3 is 25.0 Å². The van der Waals surface area contributed by atoms with Gasteiger partial charge in [-0.3, -0.25) is 9.78 Å². The van der Waals surface area contributed by atoms with Crippen molar-refractivity contribution in [2.24, 2.45) is 5.73 Å². The smallest absolute Gasteiger partial charge is 0.416 e. The van der Waals surface area contributed by atoms with Crippen molar-refractivity contribution in [2.75, 3.05) is 42.6 Å². The van der Waals surface area contributed by atoms with Crippen molar-refractivity contribution in [3.63, 3.8) is 0 Å². The Kier molecular flexibility index (Phi) is 7.41. The van der Waals surface area contributed by atoms with E-state index >= 15 is 0 Å². The molecule has 42 heavy (non-hydrogen) atoms. The Bertz CT molecular complexity index is 1600. The van der Waals surface area contributed by atoms with Crippen LogP contribution in [0, 0.1) is 11.3 Å². The summed E-state index contributed by atoms with van der Waals surface area (Å²) in [6.07, 6.45) is 1.77. The zero-order valence-corrected chi connectivity index (χ0v) is 22.9. The van der Waals surface area contributed by atoms with Crippen molar-refractivity contribution in [3.8, 4) is 11.8 Å². The minimum Gasteiger partial charge on any atom is -0.486 e. The highest BCUT2D eigenvalue weighted by molar-refractivity contribution is 6.00. The molecule has 4 heterocycles. The van der Waals surface area contributed by atoms with E-state index in [0.717, 1.165) is 35.7 Å². The normalized spacial score (nSPS) is 19.0. The molecule has 1 atom stereocenters. The van der Waals surface area contributed by atoms with Crippen LogP contribution in [0.4, 0.5) is 30.2 Å². The Hall–Kier alpha value is -4.30. The van der Waals surface area contributed by atoms with Crippen molar-refractivity contribution in [1.82, 2.24) is 4.98 Å². The van der Waals surface area contributed by atoms with Gasteiger partial charge >= 0.3 is 6.18 Å². The van der Waals surface area contributed by atoms with Crippen LogP contribution in [0.25, 0.3) is 10.9 Å². The van der Waals surface area contributed by atoms with E-state index in [4.69, 9.17) is 15.2 Å². The molecule has 1 unspecified atom stereocenters. The fraction of sp³-hybridized carbons (Fsp3) is 0.387. The first kappa shape index (κ1) is 27.8. The number of rotatable bonds is 5. The molecule has 2 saturated heterocycles. The van der Waals surface area contributed by atoms with Crippen LogP contribution >= 0.6 is 0 Å². The Morgan fingerprint density at radius 3 is 2.64 bits per heavy atom. The molecule has 2 N–H and O–H groups in total. The summed E-state index contributed by atoms with van der Waals surface area (Å²) in [5, 5.41) is 10.8. The molecule has 0 spiro atoms. The van der Waals surface area contributed by atoms with Gasteiger partial charge in [0.05, 0.1) is 41.2 Å². The number of pyridine rings is 1. The fourth-order valence-corrected chi connectivity index (χ4v) is 6.06. The zero-order chi connectivity index (χ0) is 29.4. The lowest BCUT2D eigenvalue weighted by Gasteiger charge is -2.35. The van der Waals surface area contributed by atoms with Crippen LogP contribution in [0.1, 0.15) is 42.4 Å². The van der Waals surface area contributed by atoms with Gasteiger partial charge in [0.15, 0.2) is 0 Å². The number of benzene rings is 2. The Balaban J connectivity index is 1.49. The standard InChI is InChI=1S/C31H30F3N5O3/c32-31(33,34)22-4-3-20-2-1-8-39(26(20)13-22)30-21(16-35)17-37-25-15-28(42-23-7-11-41-18-23)27(14-24(25)30)38-9-5-19(6-10-38)12-29(36)40/h3-4,12-15,17,23H,1-2,5-11,18H2,(H2,36,40). The van der Waals surface area contributed by atoms with Gasteiger partial charge in [0, 0.05) is 55.5 Å². The topological polar surface area (TPSA) is 105 Å². The number of amides is 1. The lowest BCUT2D eigenvalue weighted by Crippen LogP contribution is -2.32. The summed E-state index contributed by atoms with van der Waals surface area (Å²) in [6.45, 7) is 2.77. The minimum atomic E-state index is -4.49. The molecule has 8 nitrogen and oxygen atoms in total. The molecular formula is C31H30F3N5O3. The van der Waals surface area contributed by atoms with Crippen molar-refractivity contribution < 1.29 is 27.4 Å². The summed E-state index contributed by atoms with van der Waals surface area (Å²) in [7, 11) is 0. The number of halogens is 3. The molecule has 6 rings (SSSR count). The SMILES string of the molecule is N#Cc1cnc2cc(OC3CCOC3)c(N3CCC(=CC(N)=O)CC3)cc2c1N1CCCc2ccc(C(F)(F)F)cc21. The van der Waals surface area contributed by atoms with Crippen LogP contribution in [0.3, 0.4) is 0 Å². The van der Waals surface area contributed by atoms with Gasteiger partial charge in [0.2, 0.25) is 5.91 Å². The summed E-state index contributed by atoms with van der Waals surface area (Å²) < 4.78 is 53.1. The maximum atomic E-state index is 13.7. The number of aromatic nitrogens is 1. The molecule has 218 valence electrons. The van der Waals surface area contributed by atoms with Gasteiger partial charge in [-0.05, 0) is 49.4 Å². The second-order valence-corrected chi connectivity index (χ2v) is 10.9. The monoisotopic (exact) mass is 577 g/mol. The van der Waals surface area contributed by atoms with E-state index in [0.29, 0.717) is 80.1 Å². The number of primary amides is 1. The number of nitrogens with two attached hydrogens (primary N) is 1. The van der Waals surface area contributed by atoms with Crippen LogP contribution in [0.15, 0.2) is 48.2 Å². The summed E-state index contributed by atoms with van der Waals surface area (Å²) in [6, 6.07) is 9.83. The summed E-state index contributed by atoms with van der Waals surface area (Å²) >= 11 is 0. The van der Waals surface area contributed by atoms with Gasteiger partial charge in [-0.25, -0.2) is 0 Å². The lowest BCUT2D eigenvalue weighted by molar-refractivity contribution is -0.137. The van der Waals surface area contributed by atoms with Gasteiger partial charge in [-0.2, -0.15) is 18.4 Å². The van der Waals surface area contributed by atoms with E-state index < -0.39 is 17.6 Å². The van der Waals surface area contributed by atoms with Crippen molar-refractivity contribution in [1.29, 1.82) is 5.26 Å². The number of nitriles is 1. The van der Waals surface area contributed by atoms with E-state index in [-0.39, 0.29) is 11.7 Å². The number of fused-ring (bicyclic) bond motifs is 2. The number of carbonyl (C=O) groups is 1. The number of alkyl halides is 3. The first-order valence-corrected chi connectivity index (χ1v) is 14.0. The number of hydrogen-bond acceptors (Lipinski definition) is 7. The third-order valence-electron chi connectivity index (χ3n) is 8.12. The number of nitrogens with zero attached hydrogens (tertiary/aromatic N) is 4. The van der Waals surface area contributed by atoms with Crippen LogP contribution < -0.4 is 20.3 Å². The number of hydrogen-bond donors (Lipinski definition) is 1. The molecule has 3 aromatic rings. The fourth-order valence-electron chi connectivity index (χ4n) is 6.06. The van der Waals surface area contributed by atoms with Crippen molar-refractivity contribution >= 4 is 33.9 Å². The maximum absolute atomic E-state index is 13.7. The predicted octanol–water partition coefficient (Wildman–Crippen LogP) is 5.39. The Morgan fingerprint density at radius 1 is 1.14 bits per heavy atom. The quantitative estimate of drug-likeness (QED) is 0.406. The van der Waals surface area contributed by atoms with Crippen LogP contribution in [-0.4, -0.2) is 49.8 Å². The summed E-state index contributed by atoms with van der Waals surface area (Å²) in [5.74, 6) is 0.159. The molecule has 3 aliphatic heterocycles. The third-order valence-corrected chi connectivity index (χ3v) is 8.12. The summed E-state index contributed by atoms with van der Waals surface area (Å²) in [4.78, 5) is 20.0. The number of aryl methyl sites for hydroxylation is 1. The van der Waals surface area contributed by atoms with Gasteiger partial charge in [0.1, 0.15) is 17.9 Å². The number of ether oxygens (including phenoxy) is 2. The van der Waals surface area contributed by atoms with Crippen LogP contribution in [0.2, 0.25) is 0 Å². The largest absolute Gasteiger partial charge is 0.486 e. The molecule has 3 aliphatic rings. The van der Waals surface area contributed by atoms with E-state index in [1.165, 1.54) is 24.4 Å². The highest BCUT2D eigenvalue weighted by Crippen LogP contribution is 2.45. The van der Waals surface area contributed by atoms with Gasteiger partial charge in [0.25, 0.3) is 0 Å².